The van der Waals surface area contributed by atoms with Gasteiger partial charge in [0.25, 0.3) is 0 Å². The van der Waals surface area contributed by atoms with E-state index in [1.165, 1.54) is 0 Å². The number of methoxy groups -OCH3 is 1. The molecule has 0 bridgehead atoms. The van der Waals surface area contributed by atoms with Gasteiger partial charge in [0.2, 0.25) is 5.91 Å². The number of benzene rings is 3. The fraction of sp³-hybridized carbons (Fsp3) is 0.333. The van der Waals surface area contributed by atoms with Crippen molar-refractivity contribution in [2.24, 2.45) is 5.92 Å². The Labute approximate surface area is 205 Å². The van der Waals surface area contributed by atoms with Crippen LogP contribution in [0.3, 0.4) is 0 Å². The van der Waals surface area contributed by atoms with E-state index in [9.17, 15) is 9.59 Å². The summed E-state index contributed by atoms with van der Waals surface area (Å²) in [4.78, 5) is 27.7. The highest BCUT2D eigenvalue weighted by Crippen LogP contribution is 2.25. The predicted molar refractivity (Wildman–Crippen MR) is 135 cm³/mol. The second kappa shape index (κ2) is 10.8. The van der Waals surface area contributed by atoms with Crippen molar-refractivity contribution in [1.29, 1.82) is 0 Å². The van der Waals surface area contributed by atoms with E-state index < -0.39 is 6.04 Å². The van der Waals surface area contributed by atoms with Crippen molar-refractivity contribution < 1.29 is 14.3 Å². The highest BCUT2D eigenvalue weighted by molar-refractivity contribution is 6.31. The summed E-state index contributed by atoms with van der Waals surface area (Å²) in [7, 11) is 1.64. The Balaban J connectivity index is 1.35. The van der Waals surface area contributed by atoms with Crippen LogP contribution in [0.1, 0.15) is 24.5 Å². The summed E-state index contributed by atoms with van der Waals surface area (Å²) in [5.74, 6) is 0.800. The molecule has 1 fully saturated rings. The van der Waals surface area contributed by atoms with Crippen LogP contribution in [0.2, 0.25) is 5.02 Å². The maximum atomic E-state index is 13.0. The third-order valence-electron chi connectivity index (χ3n) is 6.47. The van der Waals surface area contributed by atoms with Crippen molar-refractivity contribution in [3.05, 3.63) is 76.8 Å². The van der Waals surface area contributed by atoms with Crippen LogP contribution in [0.25, 0.3) is 10.8 Å². The van der Waals surface area contributed by atoms with Crippen molar-refractivity contribution in [3.8, 4) is 5.75 Å². The van der Waals surface area contributed by atoms with Crippen molar-refractivity contribution in [1.82, 2.24) is 15.5 Å². The van der Waals surface area contributed by atoms with E-state index in [0.29, 0.717) is 31.1 Å². The molecule has 0 unspecified atom stereocenters. The van der Waals surface area contributed by atoms with E-state index in [1.54, 1.807) is 12.0 Å². The summed E-state index contributed by atoms with van der Waals surface area (Å²) in [6, 6.07) is 18.8. The lowest BCUT2D eigenvalue weighted by Gasteiger charge is -2.26. The number of fused-ring (bicyclic) bond motifs is 1. The van der Waals surface area contributed by atoms with Gasteiger partial charge >= 0.3 is 6.03 Å². The summed E-state index contributed by atoms with van der Waals surface area (Å²) < 4.78 is 5.18. The van der Waals surface area contributed by atoms with Crippen LogP contribution < -0.4 is 15.4 Å². The number of nitrogens with one attached hydrogen (secondary N) is 2. The molecule has 0 saturated carbocycles. The molecule has 0 aliphatic carbocycles. The summed E-state index contributed by atoms with van der Waals surface area (Å²) in [6.07, 6.45) is 1.51. The van der Waals surface area contributed by atoms with Crippen molar-refractivity contribution >= 4 is 34.3 Å². The summed E-state index contributed by atoms with van der Waals surface area (Å²) in [5.41, 5.74) is 2.10. The van der Waals surface area contributed by atoms with E-state index >= 15 is 0 Å². The number of halogens is 1. The molecule has 3 aromatic rings. The maximum absolute atomic E-state index is 13.0. The molecule has 1 saturated heterocycles. The minimum absolute atomic E-state index is 0.100. The second-order valence-electron chi connectivity index (χ2n) is 8.73. The number of hydrogen-bond donors (Lipinski definition) is 2. The zero-order valence-electron chi connectivity index (χ0n) is 19.5. The molecule has 2 N–H and O–H groups in total. The first-order valence-electron chi connectivity index (χ1n) is 11.6. The number of rotatable bonds is 7. The molecule has 0 radical (unpaired) electrons. The highest BCUT2D eigenvalue weighted by Gasteiger charge is 2.39. The number of carbonyl (C=O) groups is 2. The second-order valence-corrected chi connectivity index (χ2v) is 9.17. The monoisotopic (exact) mass is 479 g/mol. The molecule has 4 rings (SSSR count). The molecular formula is C27H30ClN3O3. The molecule has 1 aliphatic rings. The molecule has 2 atom stereocenters. The molecule has 178 valence electrons. The van der Waals surface area contributed by atoms with E-state index in [-0.39, 0.29) is 17.9 Å². The minimum atomic E-state index is -0.474. The number of urea groups is 1. The summed E-state index contributed by atoms with van der Waals surface area (Å²) >= 11 is 6.18. The van der Waals surface area contributed by atoms with Gasteiger partial charge in [-0.25, -0.2) is 4.79 Å². The number of ether oxygens (including phenoxy) is 1. The first-order valence-corrected chi connectivity index (χ1v) is 12.0. The van der Waals surface area contributed by atoms with Crippen LogP contribution in [0, 0.1) is 5.92 Å². The van der Waals surface area contributed by atoms with Crippen LogP contribution in [0.15, 0.2) is 60.7 Å². The summed E-state index contributed by atoms with van der Waals surface area (Å²) in [6.45, 7) is 3.46. The number of hydrogen-bond acceptors (Lipinski definition) is 3. The molecule has 6 nitrogen and oxygen atoms in total. The van der Waals surface area contributed by atoms with Gasteiger partial charge in [0.1, 0.15) is 11.8 Å². The SMILES string of the molecule is COc1ccc(CCNC(=O)[C@@H]2[C@@H](C)CCN2C(=O)NCc2cccc3ccc(Cl)cc23)cc1. The number of amides is 3. The number of likely N-dealkylation sites (tertiary alicyclic amines) is 1. The third kappa shape index (κ3) is 5.45. The zero-order chi connectivity index (χ0) is 24.1. The first kappa shape index (κ1) is 23.9. The molecule has 3 aromatic carbocycles. The molecule has 1 aliphatic heterocycles. The summed E-state index contributed by atoms with van der Waals surface area (Å²) in [5, 5.41) is 8.76. The highest BCUT2D eigenvalue weighted by atomic mass is 35.5. The van der Waals surface area contributed by atoms with Gasteiger partial charge in [0, 0.05) is 24.7 Å². The van der Waals surface area contributed by atoms with Crippen molar-refractivity contribution in [2.75, 3.05) is 20.2 Å². The molecular weight excluding hydrogens is 450 g/mol. The van der Waals surface area contributed by atoms with Gasteiger partial charge in [0.05, 0.1) is 7.11 Å². The van der Waals surface area contributed by atoms with Crippen LogP contribution in [-0.2, 0) is 17.8 Å². The van der Waals surface area contributed by atoms with Crippen LogP contribution in [0.4, 0.5) is 4.79 Å². The topological polar surface area (TPSA) is 70.7 Å². The van der Waals surface area contributed by atoms with Gasteiger partial charge in [-0.1, -0.05) is 54.9 Å². The number of nitrogens with zero attached hydrogens (tertiary/aromatic N) is 1. The largest absolute Gasteiger partial charge is 0.497 e. The Hall–Kier alpha value is -3.25. The Morgan fingerprint density at radius 1 is 1.09 bits per heavy atom. The Kier molecular flexibility index (Phi) is 7.58. The Morgan fingerprint density at radius 3 is 2.65 bits per heavy atom. The molecule has 3 amide bonds. The van der Waals surface area contributed by atoms with E-state index in [0.717, 1.165) is 34.1 Å². The van der Waals surface area contributed by atoms with Gasteiger partial charge in [-0.3, -0.25) is 4.79 Å². The number of carbonyl (C=O) groups excluding carboxylic acids is 2. The minimum Gasteiger partial charge on any atom is -0.497 e. The first-order chi connectivity index (χ1) is 16.5. The normalized spacial score (nSPS) is 17.6. The van der Waals surface area contributed by atoms with E-state index in [2.05, 4.69) is 10.6 Å². The Bertz CT molecular complexity index is 1170. The third-order valence-corrected chi connectivity index (χ3v) is 6.70. The molecule has 0 spiro atoms. The molecule has 1 heterocycles. The maximum Gasteiger partial charge on any atom is 0.318 e. The van der Waals surface area contributed by atoms with Crippen LogP contribution in [-0.4, -0.2) is 43.1 Å². The van der Waals surface area contributed by atoms with E-state index in [4.69, 9.17) is 16.3 Å². The van der Waals surface area contributed by atoms with Crippen LogP contribution >= 0.6 is 11.6 Å². The van der Waals surface area contributed by atoms with Crippen molar-refractivity contribution in [2.45, 2.75) is 32.4 Å². The standard InChI is InChI=1S/C27H30ClN3O3/c1-18-13-15-31(25(18)26(32)29-14-12-19-6-10-23(34-2)11-7-19)27(33)30-17-21-5-3-4-20-8-9-22(28)16-24(20)21/h3-11,16,18,25H,12-15,17H2,1-2H3,(H,29,32)(H,30,33)/t18-,25-/m0/s1. The van der Waals surface area contributed by atoms with Crippen LogP contribution in [0.5, 0.6) is 5.75 Å². The molecule has 7 heteroatoms. The van der Waals surface area contributed by atoms with Crippen molar-refractivity contribution in [3.63, 3.8) is 0 Å². The molecule has 0 aromatic heterocycles. The van der Waals surface area contributed by atoms with Gasteiger partial charge in [-0.2, -0.15) is 0 Å². The fourth-order valence-corrected chi connectivity index (χ4v) is 4.71. The van der Waals surface area contributed by atoms with Gasteiger partial charge in [0.15, 0.2) is 0 Å². The average molecular weight is 480 g/mol. The lowest BCUT2D eigenvalue weighted by Crippen LogP contribution is -2.51. The average Bonchev–Trinajstić information content (AvgIpc) is 3.24. The lowest BCUT2D eigenvalue weighted by molar-refractivity contribution is -0.125. The fourth-order valence-electron chi connectivity index (χ4n) is 4.54. The Morgan fingerprint density at radius 2 is 1.88 bits per heavy atom. The smallest absolute Gasteiger partial charge is 0.318 e. The van der Waals surface area contributed by atoms with Gasteiger partial charge in [-0.05, 0) is 64.9 Å². The molecule has 34 heavy (non-hydrogen) atoms. The quantitative estimate of drug-likeness (QED) is 0.512. The lowest BCUT2D eigenvalue weighted by atomic mass is 10.0. The zero-order valence-corrected chi connectivity index (χ0v) is 20.3. The van der Waals surface area contributed by atoms with Gasteiger partial charge in [-0.15, -0.1) is 0 Å². The predicted octanol–water partition coefficient (Wildman–Crippen LogP) is 4.78. The van der Waals surface area contributed by atoms with Gasteiger partial charge < -0.3 is 20.3 Å². The van der Waals surface area contributed by atoms with E-state index in [1.807, 2.05) is 67.6 Å².